The van der Waals surface area contributed by atoms with Gasteiger partial charge < -0.3 is 0 Å². The van der Waals surface area contributed by atoms with Crippen molar-refractivity contribution in [3.8, 4) is 0 Å². The molecule has 1 fully saturated rings. The number of carbonyl (C=O) groups is 3. The summed E-state index contributed by atoms with van der Waals surface area (Å²) in [7, 11) is 3.50. The molecule has 17 heteroatoms. The van der Waals surface area contributed by atoms with Crippen LogP contribution in [0.5, 0.6) is 0 Å². The van der Waals surface area contributed by atoms with Crippen molar-refractivity contribution in [2.24, 2.45) is 4.99 Å². The zero-order valence-electron chi connectivity index (χ0n) is 28.3. The first-order chi connectivity index (χ1) is 25.0. The van der Waals surface area contributed by atoms with E-state index < -0.39 is 73.4 Å². The third-order valence-electron chi connectivity index (χ3n) is 7.44. The van der Waals surface area contributed by atoms with Gasteiger partial charge in [-0.3, -0.25) is 0 Å². The number of unbranched alkanes of at least 4 members (excludes halogenated alkanes) is 1. The standard InChI is InChI=1S/C35H37B2F3NO10P/c1-3-4-20-45-26(21-46-31(43)23-14-8-5-9-15-23)27-29(51-36-37-52)28(48-32(44)24-16-10-6-11-17-24)30(47-22(2)42)33(49-27)50-34(35(38,39)40)41-25-18-12-7-13-19-25/h5-19,26-30,33H,3-4,20-21,52H2,1-2H3/b41-34+/t26-,27?,28-,29+,30?,33-/m0/s1. The maximum absolute atomic E-state index is 14.5. The van der Waals surface area contributed by atoms with Crippen LogP contribution in [-0.4, -0.2) is 93.5 Å². The zero-order valence-corrected chi connectivity index (χ0v) is 29.5. The first-order valence-corrected chi connectivity index (χ1v) is 17.0. The first kappa shape index (κ1) is 40.4. The number of halogens is 3. The molecule has 3 aromatic carbocycles. The predicted molar refractivity (Wildman–Crippen MR) is 188 cm³/mol. The minimum atomic E-state index is -5.16. The van der Waals surface area contributed by atoms with Crippen LogP contribution >= 0.6 is 9.12 Å². The summed E-state index contributed by atoms with van der Waals surface area (Å²) in [5, 5.41) is 0. The van der Waals surface area contributed by atoms with E-state index in [2.05, 4.69) is 14.1 Å². The molecule has 0 radical (unpaired) electrons. The predicted octanol–water partition coefficient (Wildman–Crippen LogP) is 5.63. The zero-order chi connectivity index (χ0) is 37.5. The second-order valence-corrected chi connectivity index (χ2v) is 11.7. The van der Waals surface area contributed by atoms with Crippen LogP contribution in [0, 0.1) is 0 Å². The van der Waals surface area contributed by atoms with Gasteiger partial charge in [0.2, 0.25) is 0 Å². The Morgan fingerprint density at radius 2 is 1.44 bits per heavy atom. The summed E-state index contributed by atoms with van der Waals surface area (Å²) in [6, 6.07) is 23.1. The number of alkyl halides is 3. The van der Waals surface area contributed by atoms with E-state index in [-0.39, 0.29) is 23.4 Å². The van der Waals surface area contributed by atoms with Gasteiger partial charge >= 0.3 is 303 Å². The third-order valence-corrected chi connectivity index (χ3v) is 7.60. The molecule has 0 aromatic heterocycles. The van der Waals surface area contributed by atoms with Gasteiger partial charge in [0.05, 0.1) is 0 Å². The molecule has 0 bridgehead atoms. The molecule has 4 rings (SSSR count). The molecule has 0 saturated carbocycles. The van der Waals surface area contributed by atoms with E-state index in [4.69, 9.17) is 33.1 Å². The summed E-state index contributed by atoms with van der Waals surface area (Å²) < 4.78 is 84.3. The van der Waals surface area contributed by atoms with Crippen LogP contribution in [-0.2, 0) is 37.9 Å². The fraction of sp³-hybridized carbons (Fsp3) is 0.371. The summed E-state index contributed by atoms with van der Waals surface area (Å²) in [6.07, 6.45) is -13.6. The molecule has 0 aliphatic carbocycles. The van der Waals surface area contributed by atoms with Crippen molar-refractivity contribution in [2.75, 3.05) is 13.2 Å². The molecule has 3 unspecified atom stereocenters. The van der Waals surface area contributed by atoms with E-state index in [1.807, 2.05) is 6.92 Å². The van der Waals surface area contributed by atoms with Gasteiger partial charge in [-0.15, -0.1) is 0 Å². The summed E-state index contributed by atoms with van der Waals surface area (Å²) in [5.74, 6) is -4.33. The van der Waals surface area contributed by atoms with Crippen LogP contribution in [0.3, 0.4) is 0 Å². The normalized spacial score (nSPS) is 20.9. The Kier molecular flexibility index (Phi) is 15.5. The van der Waals surface area contributed by atoms with Gasteiger partial charge in [0.1, 0.15) is 0 Å². The van der Waals surface area contributed by atoms with Crippen molar-refractivity contribution in [3.63, 3.8) is 0 Å². The quantitative estimate of drug-likeness (QED) is 0.0368. The topological polar surface area (TPSA) is 128 Å². The van der Waals surface area contributed by atoms with E-state index in [0.29, 0.717) is 12.8 Å². The second kappa shape index (κ2) is 20.0. The summed E-state index contributed by atoms with van der Waals surface area (Å²) in [4.78, 5) is 42.7. The van der Waals surface area contributed by atoms with Gasteiger partial charge in [-0.05, 0) is 0 Å². The molecule has 7 atom stereocenters. The number of carbonyl (C=O) groups excluding carboxylic acids is 3. The molecule has 52 heavy (non-hydrogen) atoms. The number of para-hydroxylation sites is 1. The molecule has 274 valence electrons. The molecular formula is C35H37B2F3NO10P. The van der Waals surface area contributed by atoms with Crippen LogP contribution in [0.1, 0.15) is 47.4 Å². The summed E-state index contributed by atoms with van der Waals surface area (Å²) in [5.41, 5.74) is 0.216. The SMILES string of the molecule is CCCCO[C@@H](COC(=O)c1ccccc1)C1O[C@@H](O/C(=N/c2ccccc2)C(F)(F)F)C(OC(C)=O)[C@@H](OC(=O)c2ccccc2)[C@@H]1OB=BP. The van der Waals surface area contributed by atoms with Gasteiger partial charge in [-0.1, -0.05) is 0 Å². The van der Waals surface area contributed by atoms with Crippen LogP contribution in [0.15, 0.2) is 96.0 Å². The van der Waals surface area contributed by atoms with E-state index in [0.717, 1.165) is 6.92 Å². The van der Waals surface area contributed by atoms with Gasteiger partial charge in [-0.2, -0.15) is 0 Å². The Morgan fingerprint density at radius 1 is 0.846 bits per heavy atom. The van der Waals surface area contributed by atoms with Crippen molar-refractivity contribution in [1.82, 2.24) is 0 Å². The van der Waals surface area contributed by atoms with Crippen molar-refractivity contribution in [1.29, 1.82) is 0 Å². The molecule has 11 nitrogen and oxygen atoms in total. The third kappa shape index (κ3) is 11.8. The Labute approximate surface area is 302 Å². The van der Waals surface area contributed by atoms with Crippen LogP contribution < -0.4 is 0 Å². The summed E-state index contributed by atoms with van der Waals surface area (Å²) >= 11 is 0. The van der Waals surface area contributed by atoms with Crippen LogP contribution in [0.2, 0.25) is 0 Å². The number of benzene rings is 3. The van der Waals surface area contributed by atoms with Crippen molar-refractivity contribution < 1.29 is 60.6 Å². The average molecular weight is 741 g/mol. The number of hydrogen-bond donors (Lipinski definition) is 0. The van der Waals surface area contributed by atoms with E-state index in [9.17, 15) is 27.6 Å². The van der Waals surface area contributed by atoms with Crippen molar-refractivity contribution in [2.45, 2.75) is 69.7 Å². The minimum absolute atomic E-state index is 0.0825. The number of nitrogens with zero attached hydrogens (tertiary/aromatic N) is 1. The van der Waals surface area contributed by atoms with Crippen LogP contribution in [0.25, 0.3) is 0 Å². The molecular weight excluding hydrogens is 704 g/mol. The van der Waals surface area contributed by atoms with Gasteiger partial charge in [0.25, 0.3) is 0 Å². The van der Waals surface area contributed by atoms with Gasteiger partial charge in [0.15, 0.2) is 0 Å². The first-order valence-electron chi connectivity index (χ1n) is 16.3. The van der Waals surface area contributed by atoms with Gasteiger partial charge in [-0.25, -0.2) is 0 Å². The Bertz CT molecular complexity index is 1650. The monoisotopic (exact) mass is 741 g/mol. The fourth-order valence-corrected chi connectivity index (χ4v) is 5.15. The Balaban J connectivity index is 1.82. The molecule has 1 aliphatic heterocycles. The van der Waals surface area contributed by atoms with E-state index >= 15 is 0 Å². The number of aliphatic imine (C=N–C) groups is 1. The van der Waals surface area contributed by atoms with E-state index in [1.54, 1.807) is 54.6 Å². The Hall–Kier alpha value is -4.39. The molecule has 0 N–H and O–H groups in total. The molecule has 0 amide bonds. The average Bonchev–Trinajstić information content (AvgIpc) is 3.14. The maximum atomic E-state index is 14.5. The second-order valence-electron chi connectivity index (χ2n) is 11.3. The molecule has 1 heterocycles. The van der Waals surface area contributed by atoms with Crippen molar-refractivity contribution in [3.05, 3.63) is 102 Å². The van der Waals surface area contributed by atoms with Gasteiger partial charge in [0, 0.05) is 0 Å². The number of ether oxygens (including phenoxy) is 6. The van der Waals surface area contributed by atoms with Crippen molar-refractivity contribution >= 4 is 52.1 Å². The van der Waals surface area contributed by atoms with E-state index in [1.165, 1.54) is 49.9 Å². The molecule has 1 aliphatic rings. The molecule has 1 saturated heterocycles. The number of rotatable bonds is 15. The molecule has 3 aromatic rings. The molecule has 0 spiro atoms. The number of hydrogen-bond acceptors (Lipinski definition) is 11. The van der Waals surface area contributed by atoms with Crippen LogP contribution in [0.4, 0.5) is 18.9 Å². The fourth-order valence-electron chi connectivity index (χ4n) is 5.06. The Morgan fingerprint density at radius 3 is 2.00 bits per heavy atom. The summed E-state index contributed by atoms with van der Waals surface area (Å²) in [6.45, 7) is 4.00. The number of esters is 3.